The molecule has 1 aromatic carbocycles. The van der Waals surface area contributed by atoms with Crippen LogP contribution < -0.4 is 0 Å². The number of hydrogen-bond acceptors (Lipinski definition) is 3. The lowest BCUT2D eigenvalue weighted by Crippen LogP contribution is -2.48. The van der Waals surface area contributed by atoms with Gasteiger partial charge >= 0.3 is 17.9 Å². The highest BCUT2D eigenvalue weighted by molar-refractivity contribution is 14.1. The number of carboxylic acids is 1. The van der Waals surface area contributed by atoms with Gasteiger partial charge in [-0.15, -0.1) is 0 Å². The fourth-order valence-electron chi connectivity index (χ4n) is 2.82. The van der Waals surface area contributed by atoms with Crippen LogP contribution in [0.2, 0.25) is 0 Å². The Hall–Kier alpha value is -1.25. The summed E-state index contributed by atoms with van der Waals surface area (Å²) in [5.41, 5.74) is 0.138. The summed E-state index contributed by atoms with van der Waals surface area (Å²) in [5.74, 6) is -7.91. The van der Waals surface area contributed by atoms with E-state index in [4.69, 9.17) is 9.84 Å². The highest BCUT2D eigenvalue weighted by Gasteiger charge is 2.53. The van der Waals surface area contributed by atoms with Crippen molar-refractivity contribution in [1.82, 2.24) is 0 Å². The number of halogens is 3. The zero-order valence-corrected chi connectivity index (χ0v) is 14.5. The molecule has 1 atom stereocenters. The minimum atomic E-state index is -4.10. The quantitative estimate of drug-likeness (QED) is 0.555. The Morgan fingerprint density at radius 3 is 2.48 bits per heavy atom. The molecule has 4 nitrogen and oxygen atoms in total. The van der Waals surface area contributed by atoms with Gasteiger partial charge in [0.1, 0.15) is 0 Å². The van der Waals surface area contributed by atoms with Crippen LogP contribution in [0.4, 0.5) is 8.78 Å². The van der Waals surface area contributed by atoms with Crippen molar-refractivity contribution >= 4 is 34.5 Å². The van der Waals surface area contributed by atoms with Crippen molar-refractivity contribution < 1.29 is 28.2 Å². The largest absolute Gasteiger partial charge is 0.477 e. The van der Waals surface area contributed by atoms with Gasteiger partial charge in [0.15, 0.2) is 6.10 Å². The molecule has 1 saturated carbocycles. The van der Waals surface area contributed by atoms with Gasteiger partial charge in [0, 0.05) is 9.49 Å². The van der Waals surface area contributed by atoms with Crippen LogP contribution in [0, 0.1) is 9.49 Å². The third kappa shape index (κ3) is 4.39. The summed E-state index contributed by atoms with van der Waals surface area (Å²) >= 11 is 1.99. The van der Waals surface area contributed by atoms with Crippen molar-refractivity contribution in [3.63, 3.8) is 0 Å². The lowest BCUT2D eigenvalue weighted by atomic mass is 9.83. The fraction of sp³-hybridized carbons (Fsp3) is 0.500. The number of alkyl halides is 2. The maximum atomic E-state index is 14.1. The molecule has 1 N–H and O–H groups in total. The van der Waals surface area contributed by atoms with Crippen LogP contribution in [-0.4, -0.2) is 29.1 Å². The third-order valence-corrected chi connectivity index (χ3v) is 4.69. The summed E-state index contributed by atoms with van der Waals surface area (Å²) in [6.45, 7) is 0. The Bertz CT molecular complexity index is 585. The molecule has 0 amide bonds. The van der Waals surface area contributed by atoms with Crippen LogP contribution in [0.25, 0.3) is 0 Å². The van der Waals surface area contributed by atoms with Crippen LogP contribution in [0.15, 0.2) is 24.3 Å². The zero-order chi connectivity index (χ0) is 17.0. The smallest absolute Gasteiger partial charge is 0.378 e. The van der Waals surface area contributed by atoms with Crippen molar-refractivity contribution in [3.05, 3.63) is 33.4 Å². The SMILES string of the molecule is O=C(OC(C1CCCCC1)C(F)(F)C(=O)O)c1cccc(I)c1. The Morgan fingerprint density at radius 1 is 1.26 bits per heavy atom. The molecule has 0 saturated heterocycles. The number of carboxylic acid groups (broad SMARTS) is 1. The van der Waals surface area contributed by atoms with Gasteiger partial charge in [-0.2, -0.15) is 8.78 Å². The van der Waals surface area contributed by atoms with Crippen LogP contribution in [0.1, 0.15) is 42.5 Å². The lowest BCUT2D eigenvalue weighted by Gasteiger charge is -2.33. The van der Waals surface area contributed by atoms with Crippen molar-refractivity contribution in [1.29, 1.82) is 0 Å². The highest BCUT2D eigenvalue weighted by atomic mass is 127. The zero-order valence-electron chi connectivity index (χ0n) is 12.3. The number of ether oxygens (including phenoxy) is 1. The highest BCUT2D eigenvalue weighted by Crippen LogP contribution is 2.36. The lowest BCUT2D eigenvalue weighted by molar-refractivity contribution is -0.189. The van der Waals surface area contributed by atoms with Gasteiger partial charge < -0.3 is 9.84 Å². The molecule has 126 valence electrons. The Morgan fingerprint density at radius 2 is 1.91 bits per heavy atom. The van der Waals surface area contributed by atoms with E-state index in [1.165, 1.54) is 12.1 Å². The van der Waals surface area contributed by atoms with Crippen LogP contribution in [0.3, 0.4) is 0 Å². The number of benzene rings is 1. The van der Waals surface area contributed by atoms with Gasteiger partial charge in [0.25, 0.3) is 0 Å². The van der Waals surface area contributed by atoms with Crippen LogP contribution in [-0.2, 0) is 9.53 Å². The molecular weight excluding hydrogens is 421 g/mol. The topological polar surface area (TPSA) is 63.6 Å². The van der Waals surface area contributed by atoms with Gasteiger partial charge in [-0.1, -0.05) is 25.3 Å². The van der Waals surface area contributed by atoms with Crippen molar-refractivity contribution in [2.45, 2.75) is 44.1 Å². The number of hydrogen-bond donors (Lipinski definition) is 1. The van der Waals surface area contributed by atoms with Gasteiger partial charge in [0.05, 0.1) is 5.56 Å². The Labute approximate surface area is 146 Å². The molecule has 0 radical (unpaired) electrons. The molecule has 1 aromatic rings. The maximum Gasteiger partial charge on any atom is 0.378 e. The van der Waals surface area contributed by atoms with Crippen molar-refractivity contribution in [3.8, 4) is 0 Å². The van der Waals surface area contributed by atoms with E-state index in [0.717, 1.165) is 22.8 Å². The molecule has 1 aliphatic rings. The van der Waals surface area contributed by atoms with E-state index in [2.05, 4.69) is 0 Å². The first-order valence-electron chi connectivity index (χ1n) is 7.40. The van der Waals surface area contributed by atoms with E-state index in [0.29, 0.717) is 12.8 Å². The summed E-state index contributed by atoms with van der Waals surface area (Å²) in [5, 5.41) is 8.83. The fourth-order valence-corrected chi connectivity index (χ4v) is 3.37. The number of esters is 1. The van der Waals surface area contributed by atoms with Crippen LogP contribution in [0.5, 0.6) is 0 Å². The summed E-state index contributed by atoms with van der Waals surface area (Å²) in [7, 11) is 0. The molecule has 2 rings (SSSR count). The summed E-state index contributed by atoms with van der Waals surface area (Å²) < 4.78 is 33.9. The molecule has 7 heteroatoms. The van der Waals surface area contributed by atoms with Gasteiger partial charge in [-0.25, -0.2) is 9.59 Å². The molecule has 1 aliphatic carbocycles. The molecule has 0 heterocycles. The second kappa shape index (κ2) is 7.55. The minimum absolute atomic E-state index is 0.138. The number of rotatable bonds is 5. The molecule has 0 aliphatic heterocycles. The van der Waals surface area contributed by atoms with E-state index in [1.54, 1.807) is 12.1 Å². The van der Waals surface area contributed by atoms with Crippen LogP contribution >= 0.6 is 22.6 Å². The van der Waals surface area contributed by atoms with Gasteiger partial charge in [0.2, 0.25) is 0 Å². The van der Waals surface area contributed by atoms with E-state index in [-0.39, 0.29) is 5.56 Å². The first-order chi connectivity index (χ1) is 10.8. The molecule has 0 aromatic heterocycles. The molecular formula is C16H17F2IO4. The summed E-state index contributed by atoms with van der Waals surface area (Å²) in [6, 6.07) is 6.34. The number of aliphatic carboxylic acids is 1. The number of carbonyl (C=O) groups is 2. The van der Waals surface area contributed by atoms with E-state index >= 15 is 0 Å². The molecule has 1 unspecified atom stereocenters. The van der Waals surface area contributed by atoms with E-state index in [1.807, 2.05) is 22.6 Å². The van der Waals surface area contributed by atoms with E-state index < -0.39 is 29.9 Å². The summed E-state index contributed by atoms with van der Waals surface area (Å²) in [6.07, 6.45) is 1.33. The average Bonchev–Trinajstić information content (AvgIpc) is 2.52. The predicted molar refractivity (Wildman–Crippen MR) is 87.5 cm³/mol. The van der Waals surface area contributed by atoms with Crippen molar-refractivity contribution in [2.75, 3.05) is 0 Å². The summed E-state index contributed by atoms with van der Waals surface area (Å²) in [4.78, 5) is 23.1. The molecule has 0 bridgehead atoms. The number of carbonyl (C=O) groups excluding carboxylic acids is 1. The maximum absolute atomic E-state index is 14.1. The van der Waals surface area contributed by atoms with Crippen molar-refractivity contribution in [2.24, 2.45) is 5.92 Å². The first kappa shape index (κ1) is 18.1. The first-order valence-corrected chi connectivity index (χ1v) is 8.48. The van der Waals surface area contributed by atoms with Gasteiger partial charge in [-0.05, 0) is 53.6 Å². The Balaban J connectivity index is 2.23. The molecule has 1 fully saturated rings. The molecule has 0 spiro atoms. The van der Waals surface area contributed by atoms with Gasteiger partial charge in [-0.3, -0.25) is 0 Å². The standard InChI is InChI=1S/C16H17F2IO4/c17-16(18,15(21)22)13(10-5-2-1-3-6-10)23-14(20)11-7-4-8-12(19)9-11/h4,7-10,13H,1-3,5-6H2,(H,21,22). The Kier molecular flexibility index (Phi) is 5.94. The second-order valence-corrected chi connectivity index (χ2v) is 6.91. The second-order valence-electron chi connectivity index (χ2n) is 5.66. The molecule has 23 heavy (non-hydrogen) atoms. The normalized spacial score (nSPS) is 17.5. The predicted octanol–water partition coefficient (Wildman–Crippen LogP) is 4.12. The average molecular weight is 438 g/mol. The minimum Gasteiger partial charge on any atom is -0.477 e. The monoisotopic (exact) mass is 438 g/mol. The van der Waals surface area contributed by atoms with E-state index in [9.17, 15) is 18.4 Å². The third-order valence-electron chi connectivity index (χ3n) is 4.01.